The highest BCUT2D eigenvalue weighted by atomic mass is 19.1. The highest BCUT2D eigenvalue weighted by Crippen LogP contribution is 2.33. The van der Waals surface area contributed by atoms with Crippen molar-refractivity contribution in [1.82, 2.24) is 19.0 Å². The van der Waals surface area contributed by atoms with Crippen molar-refractivity contribution >= 4 is 11.2 Å². The molecule has 0 atom stereocenters. The van der Waals surface area contributed by atoms with Gasteiger partial charge in [0.1, 0.15) is 11.2 Å². The van der Waals surface area contributed by atoms with Gasteiger partial charge < -0.3 is 4.40 Å². The number of pyridine rings is 2. The number of rotatable bonds is 1. The van der Waals surface area contributed by atoms with Gasteiger partial charge in [-0.05, 0) is 35.4 Å². The number of nitrogens with zero attached hydrogens (tertiary/aromatic N) is 4. The quantitative estimate of drug-likeness (QED) is 0.426. The second kappa shape index (κ2) is 5.90. The third kappa shape index (κ3) is 2.81. The summed E-state index contributed by atoms with van der Waals surface area (Å²) in [6, 6.07) is 5.88. The molecular formula is C23H27FN4. The van der Waals surface area contributed by atoms with Gasteiger partial charge in [-0.1, -0.05) is 47.6 Å². The lowest BCUT2D eigenvalue weighted by atomic mass is 9.86. The standard InChI is InChI=1S/C23H27FN4/c1-14-16(22(2,3)4)8-9-19-26-18(13-27(14)19)15-10-11-28-21(20(15)24)17(12-25-28)23(5,6)7/h8-13H,1-7H3. The SMILES string of the molecule is Cc1c(C(C)(C)C)ccc2nc(-c3ccn4ncc(C(C)(C)C)c4c3F)cn12. The minimum Gasteiger partial charge on any atom is -0.303 e. The number of fused-ring (bicyclic) bond motifs is 2. The summed E-state index contributed by atoms with van der Waals surface area (Å²) >= 11 is 0. The molecule has 4 aromatic rings. The van der Waals surface area contributed by atoms with Crippen LogP contribution in [0, 0.1) is 12.7 Å². The van der Waals surface area contributed by atoms with Crippen LogP contribution in [0.1, 0.15) is 58.4 Å². The number of imidazole rings is 1. The van der Waals surface area contributed by atoms with E-state index in [0.29, 0.717) is 16.8 Å². The number of halogens is 1. The number of hydrogen-bond donors (Lipinski definition) is 0. The normalized spacial score (nSPS) is 13.0. The Morgan fingerprint density at radius 3 is 2.25 bits per heavy atom. The molecule has 0 aromatic carbocycles. The monoisotopic (exact) mass is 378 g/mol. The Kier molecular flexibility index (Phi) is 3.93. The van der Waals surface area contributed by atoms with Gasteiger partial charge in [0.25, 0.3) is 0 Å². The lowest BCUT2D eigenvalue weighted by Crippen LogP contribution is -2.14. The maximum absolute atomic E-state index is 15.6. The van der Waals surface area contributed by atoms with Crippen LogP contribution in [0.5, 0.6) is 0 Å². The molecule has 0 spiro atoms. The van der Waals surface area contributed by atoms with Gasteiger partial charge in [-0.15, -0.1) is 0 Å². The molecule has 0 aliphatic heterocycles. The fourth-order valence-corrected chi connectivity index (χ4v) is 3.90. The van der Waals surface area contributed by atoms with E-state index in [4.69, 9.17) is 4.98 Å². The molecule has 146 valence electrons. The van der Waals surface area contributed by atoms with Crippen molar-refractivity contribution in [3.63, 3.8) is 0 Å². The third-order valence-electron chi connectivity index (χ3n) is 5.40. The van der Waals surface area contributed by atoms with Crippen molar-refractivity contribution in [2.24, 2.45) is 0 Å². The minimum atomic E-state index is -0.276. The molecular weight excluding hydrogens is 351 g/mol. The smallest absolute Gasteiger partial charge is 0.158 e. The van der Waals surface area contributed by atoms with Crippen molar-refractivity contribution in [3.05, 3.63) is 59.4 Å². The van der Waals surface area contributed by atoms with Crippen LogP contribution in [-0.4, -0.2) is 19.0 Å². The van der Waals surface area contributed by atoms with Gasteiger partial charge in [0.05, 0.1) is 11.9 Å². The van der Waals surface area contributed by atoms with Gasteiger partial charge in [-0.25, -0.2) is 13.9 Å². The van der Waals surface area contributed by atoms with Crippen molar-refractivity contribution in [1.29, 1.82) is 0 Å². The van der Waals surface area contributed by atoms with E-state index in [2.05, 4.69) is 64.0 Å². The lowest BCUT2D eigenvalue weighted by Gasteiger charge is -2.22. The molecule has 0 radical (unpaired) electrons. The van der Waals surface area contributed by atoms with Crippen LogP contribution in [0.4, 0.5) is 4.39 Å². The average molecular weight is 378 g/mol. The van der Waals surface area contributed by atoms with E-state index in [0.717, 1.165) is 16.9 Å². The first-order chi connectivity index (χ1) is 13.0. The molecule has 4 heterocycles. The highest BCUT2D eigenvalue weighted by molar-refractivity contribution is 5.72. The molecule has 0 aliphatic rings. The van der Waals surface area contributed by atoms with E-state index < -0.39 is 0 Å². The van der Waals surface area contributed by atoms with E-state index in [1.54, 1.807) is 23.0 Å². The van der Waals surface area contributed by atoms with Gasteiger partial charge in [0, 0.05) is 29.2 Å². The van der Waals surface area contributed by atoms with Crippen molar-refractivity contribution in [3.8, 4) is 11.3 Å². The van der Waals surface area contributed by atoms with E-state index in [-0.39, 0.29) is 16.6 Å². The molecule has 0 saturated carbocycles. The molecule has 4 rings (SSSR count). The van der Waals surface area contributed by atoms with E-state index in [1.165, 1.54) is 5.56 Å². The Morgan fingerprint density at radius 2 is 1.61 bits per heavy atom. The molecule has 0 saturated heterocycles. The summed E-state index contributed by atoms with van der Waals surface area (Å²) < 4.78 is 19.2. The summed E-state index contributed by atoms with van der Waals surface area (Å²) in [6.07, 6.45) is 5.49. The van der Waals surface area contributed by atoms with Crippen LogP contribution in [0.15, 0.2) is 36.8 Å². The molecule has 0 N–H and O–H groups in total. The molecule has 4 nitrogen and oxygen atoms in total. The zero-order valence-corrected chi connectivity index (χ0v) is 17.6. The molecule has 5 heteroatoms. The molecule has 0 unspecified atom stereocenters. The summed E-state index contributed by atoms with van der Waals surface area (Å²) in [7, 11) is 0. The summed E-state index contributed by atoms with van der Waals surface area (Å²) in [5.41, 5.74) is 5.59. The van der Waals surface area contributed by atoms with Gasteiger partial charge in [0.15, 0.2) is 5.82 Å². The largest absolute Gasteiger partial charge is 0.303 e. The first-order valence-electron chi connectivity index (χ1n) is 9.64. The van der Waals surface area contributed by atoms with Crippen molar-refractivity contribution in [2.75, 3.05) is 0 Å². The van der Waals surface area contributed by atoms with E-state index in [1.807, 2.05) is 12.3 Å². The molecule has 28 heavy (non-hydrogen) atoms. The number of aryl methyl sites for hydroxylation is 1. The van der Waals surface area contributed by atoms with E-state index in [9.17, 15) is 0 Å². The second-order valence-electron chi connectivity index (χ2n) is 9.58. The summed E-state index contributed by atoms with van der Waals surface area (Å²) in [6.45, 7) is 14.9. The number of hydrogen-bond acceptors (Lipinski definition) is 2. The predicted octanol–water partition coefficient (Wildman–Crippen LogP) is 5.69. The number of aromatic nitrogens is 4. The highest BCUT2D eigenvalue weighted by Gasteiger charge is 2.24. The van der Waals surface area contributed by atoms with Crippen LogP contribution in [0.2, 0.25) is 0 Å². The van der Waals surface area contributed by atoms with Gasteiger partial charge in [-0.3, -0.25) is 0 Å². The van der Waals surface area contributed by atoms with Gasteiger partial charge in [0.2, 0.25) is 0 Å². The van der Waals surface area contributed by atoms with Crippen molar-refractivity contribution in [2.45, 2.75) is 59.3 Å². The molecule has 0 amide bonds. The Hall–Kier alpha value is -2.69. The predicted molar refractivity (Wildman–Crippen MR) is 111 cm³/mol. The van der Waals surface area contributed by atoms with Crippen molar-refractivity contribution < 1.29 is 4.39 Å². The maximum Gasteiger partial charge on any atom is 0.158 e. The zero-order chi connectivity index (χ0) is 20.4. The Labute approximate surface area is 165 Å². The molecule has 0 aliphatic carbocycles. The Bertz CT molecular complexity index is 1200. The summed E-state index contributed by atoms with van der Waals surface area (Å²) in [5, 5.41) is 4.33. The molecule has 0 fully saturated rings. The van der Waals surface area contributed by atoms with Gasteiger partial charge in [-0.2, -0.15) is 5.10 Å². The maximum atomic E-state index is 15.6. The fourth-order valence-electron chi connectivity index (χ4n) is 3.90. The second-order valence-corrected chi connectivity index (χ2v) is 9.58. The van der Waals surface area contributed by atoms with Crippen LogP contribution in [-0.2, 0) is 10.8 Å². The molecule has 4 aromatic heterocycles. The third-order valence-corrected chi connectivity index (χ3v) is 5.40. The fraction of sp³-hybridized carbons (Fsp3) is 0.391. The van der Waals surface area contributed by atoms with E-state index >= 15 is 4.39 Å². The van der Waals surface area contributed by atoms with Gasteiger partial charge >= 0.3 is 0 Å². The average Bonchev–Trinajstić information content (AvgIpc) is 3.18. The van der Waals surface area contributed by atoms with Crippen LogP contribution < -0.4 is 0 Å². The Balaban J connectivity index is 1.94. The summed E-state index contributed by atoms with van der Waals surface area (Å²) in [5.74, 6) is -0.276. The summed E-state index contributed by atoms with van der Waals surface area (Å²) in [4.78, 5) is 4.70. The Morgan fingerprint density at radius 1 is 0.929 bits per heavy atom. The first kappa shape index (κ1) is 18.7. The first-order valence-corrected chi connectivity index (χ1v) is 9.64. The molecule has 0 bridgehead atoms. The zero-order valence-electron chi connectivity index (χ0n) is 17.6. The topological polar surface area (TPSA) is 34.6 Å². The lowest BCUT2D eigenvalue weighted by molar-refractivity contribution is 0.581. The van der Waals surface area contributed by atoms with Crippen LogP contribution >= 0.6 is 0 Å². The minimum absolute atomic E-state index is 0.0338. The van der Waals surface area contributed by atoms with Crippen LogP contribution in [0.25, 0.3) is 22.4 Å². The van der Waals surface area contributed by atoms with Crippen LogP contribution in [0.3, 0.4) is 0 Å².